The SMILES string of the molecule is COc1cc(Br)cc(/C=N/Nc2cn[nH]c(=O)c2Br)c1O. The number of phenols is 1. The number of nitrogens with zero attached hydrogens (tertiary/aromatic N) is 2. The third-order valence-electron chi connectivity index (χ3n) is 2.47. The minimum absolute atomic E-state index is 0.0330. The molecule has 0 saturated heterocycles. The van der Waals surface area contributed by atoms with Crippen molar-refractivity contribution in [3.63, 3.8) is 0 Å². The monoisotopic (exact) mass is 416 g/mol. The number of anilines is 1. The predicted molar refractivity (Wildman–Crippen MR) is 86.1 cm³/mol. The molecule has 0 amide bonds. The minimum Gasteiger partial charge on any atom is -0.504 e. The third-order valence-corrected chi connectivity index (χ3v) is 3.72. The number of benzene rings is 1. The van der Waals surface area contributed by atoms with E-state index in [-0.39, 0.29) is 15.8 Å². The summed E-state index contributed by atoms with van der Waals surface area (Å²) in [6.45, 7) is 0. The van der Waals surface area contributed by atoms with Crippen molar-refractivity contribution in [3.8, 4) is 11.5 Å². The molecule has 0 spiro atoms. The Kier molecular flexibility index (Phi) is 4.97. The van der Waals surface area contributed by atoms with Gasteiger partial charge in [0.25, 0.3) is 5.56 Å². The fourth-order valence-corrected chi connectivity index (χ4v) is 2.22. The van der Waals surface area contributed by atoms with E-state index in [1.807, 2.05) is 0 Å². The second-order valence-corrected chi connectivity index (χ2v) is 5.55. The number of methoxy groups -OCH3 is 1. The molecule has 21 heavy (non-hydrogen) atoms. The van der Waals surface area contributed by atoms with Crippen LogP contribution in [0.3, 0.4) is 0 Å². The molecule has 7 nitrogen and oxygen atoms in total. The van der Waals surface area contributed by atoms with Crippen molar-refractivity contribution in [3.05, 3.63) is 43.2 Å². The van der Waals surface area contributed by atoms with Gasteiger partial charge in [-0.1, -0.05) is 15.9 Å². The summed E-state index contributed by atoms with van der Waals surface area (Å²) >= 11 is 6.43. The second-order valence-electron chi connectivity index (χ2n) is 3.84. The van der Waals surface area contributed by atoms with Gasteiger partial charge in [-0.15, -0.1) is 0 Å². The smallest absolute Gasteiger partial charge is 0.280 e. The summed E-state index contributed by atoms with van der Waals surface area (Å²) in [5.74, 6) is 0.291. The Balaban J connectivity index is 2.24. The lowest BCUT2D eigenvalue weighted by Crippen LogP contribution is -2.10. The van der Waals surface area contributed by atoms with Gasteiger partial charge in [0.05, 0.1) is 25.2 Å². The number of hydrazone groups is 1. The van der Waals surface area contributed by atoms with Gasteiger partial charge in [-0.25, -0.2) is 5.10 Å². The number of H-pyrrole nitrogens is 1. The van der Waals surface area contributed by atoms with Crippen molar-refractivity contribution in [2.24, 2.45) is 5.10 Å². The highest BCUT2D eigenvalue weighted by Gasteiger charge is 2.08. The van der Waals surface area contributed by atoms with Gasteiger partial charge in [0, 0.05) is 10.0 Å². The van der Waals surface area contributed by atoms with Crippen LogP contribution in [0, 0.1) is 0 Å². The van der Waals surface area contributed by atoms with Crippen molar-refractivity contribution in [1.82, 2.24) is 10.2 Å². The molecule has 0 unspecified atom stereocenters. The molecule has 0 aliphatic heterocycles. The van der Waals surface area contributed by atoms with Crippen LogP contribution in [0.4, 0.5) is 5.69 Å². The maximum atomic E-state index is 11.3. The summed E-state index contributed by atoms with van der Waals surface area (Å²) in [5, 5.41) is 19.8. The van der Waals surface area contributed by atoms with E-state index < -0.39 is 0 Å². The van der Waals surface area contributed by atoms with E-state index in [0.29, 0.717) is 17.0 Å². The maximum Gasteiger partial charge on any atom is 0.280 e. The van der Waals surface area contributed by atoms with Gasteiger partial charge >= 0.3 is 0 Å². The van der Waals surface area contributed by atoms with E-state index in [4.69, 9.17) is 4.74 Å². The summed E-state index contributed by atoms with van der Waals surface area (Å²) in [6.07, 6.45) is 2.81. The van der Waals surface area contributed by atoms with Gasteiger partial charge in [-0.3, -0.25) is 10.2 Å². The number of aromatic amines is 1. The molecule has 1 aromatic heterocycles. The molecule has 1 heterocycles. The quantitative estimate of drug-likeness (QED) is 0.524. The summed E-state index contributed by atoms with van der Waals surface area (Å²) in [6, 6.07) is 3.31. The third kappa shape index (κ3) is 3.61. The number of ether oxygens (including phenoxy) is 1. The van der Waals surface area contributed by atoms with Crippen LogP contribution in [0.2, 0.25) is 0 Å². The van der Waals surface area contributed by atoms with Crippen LogP contribution in [0.15, 0.2) is 37.2 Å². The molecule has 0 radical (unpaired) electrons. The number of aromatic hydroxyl groups is 1. The van der Waals surface area contributed by atoms with E-state index >= 15 is 0 Å². The molecule has 9 heteroatoms. The highest BCUT2D eigenvalue weighted by molar-refractivity contribution is 9.10. The van der Waals surface area contributed by atoms with E-state index in [1.165, 1.54) is 19.5 Å². The Bertz CT molecular complexity index is 746. The average Bonchev–Trinajstić information content (AvgIpc) is 2.46. The van der Waals surface area contributed by atoms with E-state index in [1.54, 1.807) is 12.1 Å². The molecule has 110 valence electrons. The average molecular weight is 418 g/mol. The number of hydrogen-bond acceptors (Lipinski definition) is 6. The number of phenolic OH excluding ortho intramolecular Hbond substituents is 1. The number of hydrogen-bond donors (Lipinski definition) is 3. The second kappa shape index (κ2) is 6.72. The molecule has 2 rings (SSSR count). The summed E-state index contributed by atoms with van der Waals surface area (Å²) in [5.41, 5.74) is 3.13. The van der Waals surface area contributed by atoms with E-state index in [0.717, 1.165) is 4.47 Å². The van der Waals surface area contributed by atoms with Crippen molar-refractivity contribution in [1.29, 1.82) is 0 Å². The summed E-state index contributed by atoms with van der Waals surface area (Å²) < 4.78 is 6.06. The lowest BCUT2D eigenvalue weighted by Gasteiger charge is -2.07. The minimum atomic E-state index is -0.373. The normalized spacial score (nSPS) is 10.8. The first-order valence-electron chi connectivity index (χ1n) is 5.61. The van der Waals surface area contributed by atoms with Crippen LogP contribution in [-0.2, 0) is 0 Å². The largest absolute Gasteiger partial charge is 0.504 e. The highest BCUT2D eigenvalue weighted by atomic mass is 79.9. The zero-order valence-electron chi connectivity index (χ0n) is 10.7. The van der Waals surface area contributed by atoms with Crippen LogP contribution in [0.5, 0.6) is 11.5 Å². The van der Waals surface area contributed by atoms with Gasteiger partial charge < -0.3 is 9.84 Å². The molecule has 0 saturated carbocycles. The lowest BCUT2D eigenvalue weighted by molar-refractivity contribution is 0.373. The van der Waals surface area contributed by atoms with Crippen LogP contribution >= 0.6 is 31.9 Å². The number of aromatic nitrogens is 2. The van der Waals surface area contributed by atoms with Gasteiger partial charge in [-0.05, 0) is 28.1 Å². The summed E-state index contributed by atoms with van der Waals surface area (Å²) in [7, 11) is 1.46. The molecule has 3 N–H and O–H groups in total. The van der Waals surface area contributed by atoms with Crippen LogP contribution in [0.25, 0.3) is 0 Å². The Hall–Kier alpha value is -1.87. The van der Waals surface area contributed by atoms with Crippen molar-refractivity contribution in [2.75, 3.05) is 12.5 Å². The Morgan fingerprint density at radius 2 is 2.24 bits per heavy atom. The molecule has 0 aliphatic carbocycles. The Morgan fingerprint density at radius 3 is 2.95 bits per heavy atom. The van der Waals surface area contributed by atoms with E-state index in [9.17, 15) is 9.90 Å². The van der Waals surface area contributed by atoms with E-state index in [2.05, 4.69) is 52.6 Å². The Labute approximate surface area is 136 Å². The molecule has 0 atom stereocenters. The topological polar surface area (TPSA) is 99.6 Å². The van der Waals surface area contributed by atoms with Crippen molar-refractivity contribution in [2.45, 2.75) is 0 Å². The van der Waals surface area contributed by atoms with Gasteiger partial charge in [0.2, 0.25) is 0 Å². The standard InChI is InChI=1S/C12H10Br2N4O3/c1-21-9-3-7(13)2-6(11(9)19)4-15-17-8-5-16-18-12(20)10(8)14/h2-5,19H,1H3,(H2,17,18,20)/b15-4+. The summed E-state index contributed by atoms with van der Waals surface area (Å²) in [4.78, 5) is 11.3. The van der Waals surface area contributed by atoms with Crippen molar-refractivity contribution < 1.29 is 9.84 Å². The predicted octanol–water partition coefficient (Wildman–Crippen LogP) is 2.46. The number of halogens is 2. The maximum absolute atomic E-state index is 11.3. The molecule has 0 fully saturated rings. The fraction of sp³-hybridized carbons (Fsp3) is 0.0833. The molecule has 0 bridgehead atoms. The van der Waals surface area contributed by atoms with Gasteiger partial charge in [0.1, 0.15) is 4.47 Å². The van der Waals surface area contributed by atoms with Gasteiger partial charge in [0.15, 0.2) is 11.5 Å². The molecular weight excluding hydrogens is 408 g/mol. The number of nitrogens with one attached hydrogen (secondary N) is 2. The first-order valence-corrected chi connectivity index (χ1v) is 7.20. The van der Waals surface area contributed by atoms with Crippen LogP contribution in [0.1, 0.15) is 5.56 Å². The first kappa shape index (κ1) is 15.5. The molecule has 1 aromatic carbocycles. The Morgan fingerprint density at radius 1 is 1.48 bits per heavy atom. The molecular formula is C12H10Br2N4O3. The molecule has 0 aliphatic rings. The first-order chi connectivity index (χ1) is 10.0. The zero-order valence-corrected chi connectivity index (χ0v) is 13.9. The van der Waals surface area contributed by atoms with Gasteiger partial charge in [-0.2, -0.15) is 10.2 Å². The van der Waals surface area contributed by atoms with Crippen LogP contribution in [-0.4, -0.2) is 28.6 Å². The van der Waals surface area contributed by atoms with Crippen LogP contribution < -0.4 is 15.7 Å². The lowest BCUT2D eigenvalue weighted by atomic mass is 10.2. The molecule has 2 aromatic rings. The zero-order chi connectivity index (χ0) is 15.4. The fourth-order valence-electron chi connectivity index (χ4n) is 1.48. The van der Waals surface area contributed by atoms with Crippen molar-refractivity contribution >= 4 is 43.8 Å². The highest BCUT2D eigenvalue weighted by Crippen LogP contribution is 2.32. The number of rotatable bonds is 4.